The third kappa shape index (κ3) is 3.48. The summed E-state index contributed by atoms with van der Waals surface area (Å²) in [5, 5.41) is 4.04. The van der Waals surface area contributed by atoms with Gasteiger partial charge in [-0.25, -0.2) is 4.68 Å². The van der Waals surface area contributed by atoms with Crippen molar-refractivity contribution in [3.63, 3.8) is 0 Å². The van der Waals surface area contributed by atoms with Gasteiger partial charge in [0, 0.05) is 38.6 Å². The van der Waals surface area contributed by atoms with Crippen LogP contribution in [0.1, 0.15) is 36.5 Å². The zero-order valence-electron chi connectivity index (χ0n) is 12.5. The first kappa shape index (κ1) is 14.8. The van der Waals surface area contributed by atoms with Crippen LogP contribution in [0.2, 0.25) is 0 Å². The first-order chi connectivity index (χ1) is 9.61. The number of nitrogens with zero attached hydrogens (tertiary/aromatic N) is 4. The van der Waals surface area contributed by atoms with Gasteiger partial charge < -0.3 is 4.90 Å². The smallest absolute Gasteiger partial charge is 0.256 e. The predicted octanol–water partition coefficient (Wildman–Crippen LogP) is 1.93. The standard InChI is InChI=1S/C15H24N4O/c1-4-19-12-14(11-16-19)15(20)17(3)9-10-18-8-6-5-7-13(18)2/h4,11-13H,1,5-10H2,2-3H3/t13-/m0/s1. The van der Waals surface area contributed by atoms with E-state index in [1.165, 1.54) is 19.3 Å². The van der Waals surface area contributed by atoms with E-state index in [9.17, 15) is 4.79 Å². The highest BCUT2D eigenvalue weighted by Gasteiger charge is 2.20. The highest BCUT2D eigenvalue weighted by atomic mass is 16.2. The predicted molar refractivity (Wildman–Crippen MR) is 80.5 cm³/mol. The van der Waals surface area contributed by atoms with Gasteiger partial charge in [0.15, 0.2) is 0 Å². The van der Waals surface area contributed by atoms with Gasteiger partial charge in [-0.2, -0.15) is 5.10 Å². The summed E-state index contributed by atoms with van der Waals surface area (Å²) in [7, 11) is 1.85. The van der Waals surface area contributed by atoms with Crippen molar-refractivity contribution in [2.24, 2.45) is 0 Å². The molecule has 1 aliphatic rings. The maximum absolute atomic E-state index is 12.2. The van der Waals surface area contributed by atoms with Gasteiger partial charge in [0.25, 0.3) is 5.91 Å². The molecule has 5 nitrogen and oxygen atoms in total. The zero-order chi connectivity index (χ0) is 14.5. The van der Waals surface area contributed by atoms with Crippen LogP contribution in [-0.2, 0) is 0 Å². The van der Waals surface area contributed by atoms with E-state index in [4.69, 9.17) is 0 Å². The normalized spacial score (nSPS) is 19.8. The minimum absolute atomic E-state index is 0.0164. The van der Waals surface area contributed by atoms with Gasteiger partial charge in [-0.1, -0.05) is 13.0 Å². The van der Waals surface area contributed by atoms with Crippen molar-refractivity contribution in [3.8, 4) is 0 Å². The number of likely N-dealkylation sites (N-methyl/N-ethyl adjacent to an activating group) is 1. The van der Waals surface area contributed by atoms with Crippen LogP contribution in [0.15, 0.2) is 19.0 Å². The van der Waals surface area contributed by atoms with Crippen LogP contribution >= 0.6 is 0 Å². The fraction of sp³-hybridized carbons (Fsp3) is 0.600. The lowest BCUT2D eigenvalue weighted by molar-refractivity contribution is 0.0752. The fourth-order valence-electron chi connectivity index (χ4n) is 2.64. The molecule has 110 valence electrons. The number of hydrogen-bond donors (Lipinski definition) is 0. The van der Waals surface area contributed by atoms with Crippen LogP contribution in [-0.4, -0.2) is 58.2 Å². The summed E-state index contributed by atoms with van der Waals surface area (Å²) >= 11 is 0. The van der Waals surface area contributed by atoms with Crippen molar-refractivity contribution in [2.45, 2.75) is 32.2 Å². The molecular weight excluding hydrogens is 252 g/mol. The number of carbonyl (C=O) groups excluding carboxylic acids is 1. The fourth-order valence-corrected chi connectivity index (χ4v) is 2.64. The molecule has 0 bridgehead atoms. The third-order valence-electron chi connectivity index (χ3n) is 4.05. The Kier molecular flexibility index (Phi) is 4.95. The lowest BCUT2D eigenvalue weighted by Crippen LogP contribution is -2.42. The topological polar surface area (TPSA) is 41.4 Å². The highest BCUT2D eigenvalue weighted by Crippen LogP contribution is 2.15. The van der Waals surface area contributed by atoms with Gasteiger partial charge in [-0.3, -0.25) is 9.69 Å². The molecule has 0 saturated carbocycles. The van der Waals surface area contributed by atoms with Gasteiger partial charge in [-0.05, 0) is 26.3 Å². The number of carbonyl (C=O) groups is 1. The number of likely N-dealkylation sites (tertiary alicyclic amines) is 1. The minimum atomic E-state index is 0.0164. The first-order valence-corrected chi connectivity index (χ1v) is 7.28. The first-order valence-electron chi connectivity index (χ1n) is 7.28. The maximum atomic E-state index is 12.2. The second-order valence-corrected chi connectivity index (χ2v) is 5.50. The summed E-state index contributed by atoms with van der Waals surface area (Å²) in [5.41, 5.74) is 0.610. The van der Waals surface area contributed by atoms with Crippen molar-refractivity contribution in [3.05, 3.63) is 24.5 Å². The van der Waals surface area contributed by atoms with E-state index < -0.39 is 0 Å². The molecule has 2 heterocycles. The number of amides is 1. The van der Waals surface area contributed by atoms with Gasteiger partial charge >= 0.3 is 0 Å². The summed E-state index contributed by atoms with van der Waals surface area (Å²) in [6, 6.07) is 0.635. The van der Waals surface area contributed by atoms with Crippen LogP contribution in [0.5, 0.6) is 0 Å². The second kappa shape index (κ2) is 6.70. The van der Waals surface area contributed by atoms with Crippen LogP contribution in [0.3, 0.4) is 0 Å². The molecule has 1 aromatic heterocycles. The summed E-state index contributed by atoms with van der Waals surface area (Å²) in [5.74, 6) is 0.0164. The van der Waals surface area contributed by atoms with E-state index in [1.54, 1.807) is 28.2 Å². The molecular formula is C15H24N4O. The van der Waals surface area contributed by atoms with Crippen LogP contribution in [0.25, 0.3) is 6.20 Å². The highest BCUT2D eigenvalue weighted by molar-refractivity contribution is 5.93. The lowest BCUT2D eigenvalue weighted by atomic mass is 10.0. The van der Waals surface area contributed by atoms with Crippen LogP contribution < -0.4 is 0 Å². The van der Waals surface area contributed by atoms with E-state index in [1.807, 2.05) is 7.05 Å². The summed E-state index contributed by atoms with van der Waals surface area (Å²) in [4.78, 5) is 16.5. The Labute approximate surface area is 120 Å². The molecule has 2 rings (SSSR count). The molecule has 0 radical (unpaired) electrons. The molecule has 1 aliphatic heterocycles. The monoisotopic (exact) mass is 276 g/mol. The Balaban J connectivity index is 1.86. The van der Waals surface area contributed by atoms with E-state index in [-0.39, 0.29) is 5.91 Å². The van der Waals surface area contributed by atoms with E-state index in [0.717, 1.165) is 19.6 Å². The molecule has 1 saturated heterocycles. The molecule has 0 aromatic carbocycles. The number of aromatic nitrogens is 2. The molecule has 1 fully saturated rings. The molecule has 1 atom stereocenters. The summed E-state index contributed by atoms with van der Waals surface area (Å²) in [6.07, 6.45) is 8.73. The second-order valence-electron chi connectivity index (χ2n) is 5.50. The molecule has 5 heteroatoms. The van der Waals surface area contributed by atoms with Gasteiger partial charge in [0.1, 0.15) is 0 Å². The van der Waals surface area contributed by atoms with Crippen molar-refractivity contribution in [2.75, 3.05) is 26.7 Å². The summed E-state index contributed by atoms with van der Waals surface area (Å²) < 4.78 is 1.55. The Morgan fingerprint density at radius 3 is 3.05 bits per heavy atom. The van der Waals surface area contributed by atoms with E-state index in [0.29, 0.717) is 11.6 Å². The van der Waals surface area contributed by atoms with Crippen molar-refractivity contribution >= 4 is 12.1 Å². The molecule has 1 aromatic rings. The Morgan fingerprint density at radius 1 is 1.60 bits per heavy atom. The van der Waals surface area contributed by atoms with Crippen molar-refractivity contribution in [1.29, 1.82) is 0 Å². The molecule has 0 spiro atoms. The molecule has 0 N–H and O–H groups in total. The largest absolute Gasteiger partial charge is 0.340 e. The van der Waals surface area contributed by atoms with Gasteiger partial charge in [0.05, 0.1) is 11.8 Å². The molecule has 0 aliphatic carbocycles. The number of hydrogen-bond acceptors (Lipinski definition) is 3. The third-order valence-corrected chi connectivity index (χ3v) is 4.05. The Bertz CT molecular complexity index is 468. The van der Waals surface area contributed by atoms with E-state index >= 15 is 0 Å². The Hall–Kier alpha value is -1.62. The average molecular weight is 276 g/mol. The zero-order valence-corrected chi connectivity index (χ0v) is 12.5. The SMILES string of the molecule is C=Cn1cc(C(=O)N(C)CCN2CCCC[C@@H]2C)cn1. The molecule has 0 unspecified atom stereocenters. The van der Waals surface area contributed by atoms with Crippen LogP contribution in [0, 0.1) is 0 Å². The van der Waals surface area contributed by atoms with Crippen molar-refractivity contribution < 1.29 is 4.79 Å². The summed E-state index contributed by atoms with van der Waals surface area (Å²) in [6.45, 7) is 8.74. The minimum Gasteiger partial charge on any atom is -0.340 e. The maximum Gasteiger partial charge on any atom is 0.256 e. The Morgan fingerprint density at radius 2 is 2.40 bits per heavy atom. The number of piperidine rings is 1. The van der Waals surface area contributed by atoms with Gasteiger partial charge in [0.2, 0.25) is 0 Å². The van der Waals surface area contributed by atoms with Crippen molar-refractivity contribution in [1.82, 2.24) is 19.6 Å². The quantitative estimate of drug-likeness (QED) is 0.825. The van der Waals surface area contributed by atoms with Gasteiger partial charge in [-0.15, -0.1) is 0 Å². The van der Waals surface area contributed by atoms with Crippen LogP contribution in [0.4, 0.5) is 0 Å². The molecule has 20 heavy (non-hydrogen) atoms. The average Bonchev–Trinajstić information content (AvgIpc) is 2.94. The molecule has 1 amide bonds. The lowest BCUT2D eigenvalue weighted by Gasteiger charge is -2.34. The number of rotatable bonds is 5. The van der Waals surface area contributed by atoms with E-state index in [2.05, 4.69) is 23.5 Å².